The molecule has 2 unspecified atom stereocenters. The molecule has 0 spiro atoms. The van der Waals surface area contributed by atoms with Gasteiger partial charge in [0.05, 0.1) is 5.02 Å². The van der Waals surface area contributed by atoms with E-state index in [-0.39, 0.29) is 0 Å². The van der Waals surface area contributed by atoms with E-state index < -0.39 is 0 Å². The number of nitrogen functional groups attached to an aromatic ring is 1. The molecule has 1 aliphatic carbocycles. The Hall–Kier alpha value is -1.62. The summed E-state index contributed by atoms with van der Waals surface area (Å²) in [7, 11) is 0. The van der Waals surface area contributed by atoms with Crippen molar-refractivity contribution in [1.82, 2.24) is 20.2 Å². The minimum absolute atomic E-state index is 0.579. The van der Waals surface area contributed by atoms with Crippen molar-refractivity contribution in [3.63, 3.8) is 0 Å². The third-order valence-electron chi connectivity index (χ3n) is 3.45. The molecule has 2 N–H and O–H groups in total. The number of nitrogens with two attached hydrogens (primary N) is 1. The van der Waals surface area contributed by atoms with Gasteiger partial charge in [0.25, 0.3) is 0 Å². The molecule has 0 radical (unpaired) electrons. The fraction of sp³-hybridized carbons (Fsp3) is 0.417. The van der Waals surface area contributed by atoms with Crippen LogP contribution in [-0.2, 0) is 6.54 Å². The van der Waals surface area contributed by atoms with E-state index in [0.29, 0.717) is 22.5 Å². The molecule has 0 bridgehead atoms. The average molecular weight is 264 g/mol. The van der Waals surface area contributed by atoms with Crippen LogP contribution in [0.2, 0.25) is 5.02 Å². The molecule has 1 aliphatic rings. The summed E-state index contributed by atoms with van der Waals surface area (Å²) in [6.45, 7) is 3.09. The second-order valence-corrected chi connectivity index (χ2v) is 5.30. The number of aromatic nitrogens is 4. The van der Waals surface area contributed by atoms with Gasteiger partial charge < -0.3 is 5.73 Å². The van der Waals surface area contributed by atoms with Gasteiger partial charge in [-0.15, -0.1) is 5.10 Å². The van der Waals surface area contributed by atoms with Crippen LogP contribution in [0, 0.1) is 11.8 Å². The van der Waals surface area contributed by atoms with Crippen LogP contribution < -0.4 is 5.73 Å². The predicted molar refractivity (Wildman–Crippen MR) is 69.9 cm³/mol. The Kier molecular flexibility index (Phi) is 2.70. The molecule has 1 fully saturated rings. The fourth-order valence-corrected chi connectivity index (χ4v) is 2.38. The van der Waals surface area contributed by atoms with Gasteiger partial charge in [-0.25, -0.2) is 4.68 Å². The van der Waals surface area contributed by atoms with E-state index in [4.69, 9.17) is 17.3 Å². The first-order valence-electron chi connectivity index (χ1n) is 5.96. The van der Waals surface area contributed by atoms with Crippen molar-refractivity contribution in [2.75, 3.05) is 5.73 Å². The van der Waals surface area contributed by atoms with Crippen LogP contribution in [-0.4, -0.2) is 20.2 Å². The Morgan fingerprint density at radius 1 is 1.50 bits per heavy atom. The Morgan fingerprint density at radius 2 is 2.28 bits per heavy atom. The number of benzene rings is 1. The molecule has 5 nitrogen and oxygen atoms in total. The molecule has 2 aromatic rings. The monoisotopic (exact) mass is 263 g/mol. The van der Waals surface area contributed by atoms with Crippen LogP contribution in [0.3, 0.4) is 0 Å². The van der Waals surface area contributed by atoms with Gasteiger partial charge in [0.2, 0.25) is 0 Å². The summed E-state index contributed by atoms with van der Waals surface area (Å²) < 4.78 is 1.82. The third kappa shape index (κ3) is 2.06. The van der Waals surface area contributed by atoms with E-state index in [1.54, 1.807) is 12.1 Å². The van der Waals surface area contributed by atoms with E-state index in [1.165, 1.54) is 6.42 Å². The molecule has 0 amide bonds. The summed E-state index contributed by atoms with van der Waals surface area (Å²) in [6.07, 6.45) is 1.24. The average Bonchev–Trinajstić information content (AvgIpc) is 2.83. The number of hydrogen-bond donors (Lipinski definition) is 1. The third-order valence-corrected chi connectivity index (χ3v) is 3.76. The summed E-state index contributed by atoms with van der Waals surface area (Å²) in [5.74, 6) is 2.16. The SMILES string of the molecule is CC1CC1Cn1nnnc1-c1ccc(N)cc1Cl. The summed E-state index contributed by atoms with van der Waals surface area (Å²) in [5.41, 5.74) is 7.15. The van der Waals surface area contributed by atoms with Crippen molar-refractivity contribution >= 4 is 17.3 Å². The van der Waals surface area contributed by atoms with Gasteiger partial charge in [-0.2, -0.15) is 0 Å². The minimum Gasteiger partial charge on any atom is -0.399 e. The van der Waals surface area contributed by atoms with E-state index >= 15 is 0 Å². The van der Waals surface area contributed by atoms with Gasteiger partial charge >= 0.3 is 0 Å². The molecule has 1 aromatic heterocycles. The van der Waals surface area contributed by atoms with E-state index in [0.717, 1.165) is 18.0 Å². The Bertz CT molecular complexity index is 580. The number of rotatable bonds is 3. The molecule has 1 saturated carbocycles. The van der Waals surface area contributed by atoms with Crippen molar-refractivity contribution in [3.05, 3.63) is 23.2 Å². The van der Waals surface area contributed by atoms with Crippen molar-refractivity contribution in [3.8, 4) is 11.4 Å². The van der Waals surface area contributed by atoms with Crippen LogP contribution in [0.1, 0.15) is 13.3 Å². The molecular weight excluding hydrogens is 250 g/mol. The highest BCUT2D eigenvalue weighted by Gasteiger charge is 2.33. The molecule has 94 valence electrons. The largest absolute Gasteiger partial charge is 0.399 e. The van der Waals surface area contributed by atoms with E-state index in [1.807, 2.05) is 10.7 Å². The summed E-state index contributed by atoms with van der Waals surface area (Å²) in [6, 6.07) is 5.38. The maximum atomic E-state index is 6.18. The molecule has 18 heavy (non-hydrogen) atoms. The van der Waals surface area contributed by atoms with Crippen LogP contribution >= 0.6 is 11.6 Å². The zero-order chi connectivity index (χ0) is 12.7. The molecule has 0 saturated heterocycles. The first kappa shape index (κ1) is 11.5. The molecule has 1 aromatic carbocycles. The van der Waals surface area contributed by atoms with Gasteiger partial charge in [-0.05, 0) is 46.9 Å². The van der Waals surface area contributed by atoms with Crippen molar-refractivity contribution < 1.29 is 0 Å². The first-order chi connectivity index (χ1) is 8.65. The maximum Gasteiger partial charge on any atom is 0.183 e. The topological polar surface area (TPSA) is 69.6 Å². The van der Waals surface area contributed by atoms with Crippen molar-refractivity contribution in [2.24, 2.45) is 11.8 Å². The first-order valence-corrected chi connectivity index (χ1v) is 6.34. The maximum absolute atomic E-state index is 6.18. The lowest BCUT2D eigenvalue weighted by atomic mass is 10.2. The standard InChI is InChI=1S/C12H14ClN5/c1-7-4-8(7)6-18-12(15-16-17-18)10-3-2-9(14)5-11(10)13/h2-3,5,7-8H,4,6,14H2,1H3. The van der Waals surface area contributed by atoms with Crippen LogP contribution in [0.25, 0.3) is 11.4 Å². The number of tetrazole rings is 1. The Labute approximate surface area is 110 Å². The lowest BCUT2D eigenvalue weighted by Crippen LogP contribution is -2.05. The summed E-state index contributed by atoms with van der Waals surface area (Å²) in [5, 5.41) is 12.4. The Morgan fingerprint density at radius 3 is 2.94 bits per heavy atom. The molecule has 3 rings (SSSR count). The number of halogens is 1. The van der Waals surface area contributed by atoms with E-state index in [2.05, 4.69) is 22.4 Å². The van der Waals surface area contributed by atoms with Crippen LogP contribution in [0.15, 0.2) is 18.2 Å². The molecule has 1 heterocycles. The highest BCUT2D eigenvalue weighted by molar-refractivity contribution is 6.33. The normalized spacial score (nSPS) is 22.1. The second kappa shape index (κ2) is 4.24. The zero-order valence-corrected chi connectivity index (χ0v) is 10.8. The quantitative estimate of drug-likeness (QED) is 0.862. The second-order valence-electron chi connectivity index (χ2n) is 4.90. The number of nitrogens with zero attached hydrogens (tertiary/aromatic N) is 4. The highest BCUT2D eigenvalue weighted by atomic mass is 35.5. The highest BCUT2D eigenvalue weighted by Crippen LogP contribution is 2.39. The molecule has 2 atom stereocenters. The fourth-order valence-electron chi connectivity index (χ4n) is 2.11. The molecule has 6 heteroatoms. The lowest BCUT2D eigenvalue weighted by Gasteiger charge is -2.06. The smallest absolute Gasteiger partial charge is 0.183 e. The number of hydrogen-bond acceptors (Lipinski definition) is 4. The van der Waals surface area contributed by atoms with Crippen molar-refractivity contribution in [1.29, 1.82) is 0 Å². The zero-order valence-electron chi connectivity index (χ0n) is 10.0. The number of anilines is 1. The minimum atomic E-state index is 0.579. The summed E-state index contributed by atoms with van der Waals surface area (Å²) >= 11 is 6.18. The Balaban J connectivity index is 1.93. The summed E-state index contributed by atoms with van der Waals surface area (Å²) in [4.78, 5) is 0. The van der Waals surface area contributed by atoms with E-state index in [9.17, 15) is 0 Å². The lowest BCUT2D eigenvalue weighted by molar-refractivity contribution is 0.528. The van der Waals surface area contributed by atoms with Gasteiger partial charge in [0, 0.05) is 17.8 Å². The van der Waals surface area contributed by atoms with Crippen LogP contribution in [0.4, 0.5) is 5.69 Å². The van der Waals surface area contributed by atoms with Crippen molar-refractivity contribution in [2.45, 2.75) is 19.9 Å². The van der Waals surface area contributed by atoms with Gasteiger partial charge in [0.15, 0.2) is 5.82 Å². The van der Waals surface area contributed by atoms with Gasteiger partial charge in [-0.1, -0.05) is 18.5 Å². The molecular formula is C12H14ClN5. The van der Waals surface area contributed by atoms with Crippen LogP contribution in [0.5, 0.6) is 0 Å². The molecule has 0 aliphatic heterocycles. The van der Waals surface area contributed by atoms with Gasteiger partial charge in [0.1, 0.15) is 0 Å². The van der Waals surface area contributed by atoms with Gasteiger partial charge in [-0.3, -0.25) is 0 Å². The predicted octanol–water partition coefficient (Wildman–Crippen LogP) is 2.23.